The summed E-state index contributed by atoms with van der Waals surface area (Å²) in [4.78, 5) is 16.3. The summed E-state index contributed by atoms with van der Waals surface area (Å²) >= 11 is 0. The van der Waals surface area contributed by atoms with E-state index in [0.29, 0.717) is 25.2 Å². The molecular weight excluding hydrogens is 282 g/mol. The van der Waals surface area contributed by atoms with Crippen molar-refractivity contribution in [1.82, 2.24) is 4.98 Å². The predicted octanol–water partition coefficient (Wildman–Crippen LogP) is 2.02. The average Bonchev–Trinajstić information content (AvgIpc) is 2.77. The number of nitrogens with zero attached hydrogens (tertiary/aromatic N) is 2. The molecule has 2 heterocycles. The highest BCUT2D eigenvalue weighted by molar-refractivity contribution is 5.85. The van der Waals surface area contributed by atoms with Crippen LogP contribution in [0.2, 0.25) is 0 Å². The first-order valence-electron chi connectivity index (χ1n) is 5.45. The third-order valence-electron chi connectivity index (χ3n) is 2.83. The molecule has 8 heteroatoms. The highest BCUT2D eigenvalue weighted by Gasteiger charge is 2.28. The molecule has 0 bridgehead atoms. The third-order valence-corrected chi connectivity index (χ3v) is 2.83. The Morgan fingerprint density at radius 3 is 2.89 bits per heavy atom. The van der Waals surface area contributed by atoms with Crippen molar-refractivity contribution in [1.29, 1.82) is 0 Å². The van der Waals surface area contributed by atoms with Gasteiger partial charge >= 0.3 is 12.6 Å². The Kier molecular flexibility index (Phi) is 5.29. The van der Waals surface area contributed by atoms with Crippen molar-refractivity contribution in [2.24, 2.45) is 5.92 Å². The molecule has 0 amide bonds. The lowest BCUT2D eigenvalue weighted by Crippen LogP contribution is -2.22. The molecule has 1 aromatic heterocycles. The Balaban J connectivity index is 0.00000180. The molecule has 19 heavy (non-hydrogen) atoms. The molecule has 0 spiro atoms. The van der Waals surface area contributed by atoms with Crippen LogP contribution in [0, 0.1) is 5.92 Å². The summed E-state index contributed by atoms with van der Waals surface area (Å²) in [5, 5.41) is 8.89. The van der Waals surface area contributed by atoms with Gasteiger partial charge in [-0.2, -0.15) is 8.78 Å². The SMILES string of the molecule is Cl.O=C(O)[C@@H]1CCN(c2ccnc(OC(F)F)c2)C1. The number of aliphatic carboxylic acids is 1. The van der Waals surface area contributed by atoms with E-state index in [-0.39, 0.29) is 18.3 Å². The van der Waals surface area contributed by atoms with Crippen LogP contribution in [0.15, 0.2) is 18.3 Å². The summed E-state index contributed by atoms with van der Waals surface area (Å²) in [7, 11) is 0. The van der Waals surface area contributed by atoms with Crippen molar-refractivity contribution in [3.8, 4) is 5.88 Å². The van der Waals surface area contributed by atoms with Crippen molar-refractivity contribution in [3.63, 3.8) is 0 Å². The van der Waals surface area contributed by atoms with E-state index in [2.05, 4.69) is 9.72 Å². The van der Waals surface area contributed by atoms with Crippen molar-refractivity contribution in [2.45, 2.75) is 13.0 Å². The number of hydrogen-bond donors (Lipinski definition) is 1. The second kappa shape index (κ2) is 6.51. The molecule has 1 N–H and O–H groups in total. The maximum atomic E-state index is 12.0. The van der Waals surface area contributed by atoms with E-state index in [1.54, 1.807) is 6.07 Å². The average molecular weight is 295 g/mol. The maximum Gasteiger partial charge on any atom is 0.388 e. The molecule has 1 aliphatic heterocycles. The summed E-state index contributed by atoms with van der Waals surface area (Å²) in [6.07, 6.45) is 1.91. The minimum Gasteiger partial charge on any atom is -0.481 e. The van der Waals surface area contributed by atoms with Crippen LogP contribution >= 0.6 is 12.4 Å². The molecule has 106 valence electrons. The quantitative estimate of drug-likeness (QED) is 0.920. The third kappa shape index (κ3) is 3.92. The maximum absolute atomic E-state index is 12.0. The number of ether oxygens (including phenoxy) is 1. The van der Waals surface area contributed by atoms with Gasteiger partial charge in [0.1, 0.15) is 0 Å². The lowest BCUT2D eigenvalue weighted by Gasteiger charge is -2.18. The second-order valence-corrected chi connectivity index (χ2v) is 4.00. The Labute approximate surface area is 114 Å². The number of rotatable bonds is 4. The number of carbonyl (C=O) groups is 1. The molecule has 1 aromatic rings. The monoisotopic (exact) mass is 294 g/mol. The Morgan fingerprint density at radius 2 is 2.32 bits per heavy atom. The van der Waals surface area contributed by atoms with E-state index < -0.39 is 18.5 Å². The first kappa shape index (κ1) is 15.4. The molecule has 1 atom stereocenters. The zero-order valence-corrected chi connectivity index (χ0v) is 10.6. The molecule has 0 aromatic carbocycles. The number of carboxylic acid groups (broad SMARTS) is 1. The molecule has 0 unspecified atom stereocenters. The van der Waals surface area contributed by atoms with Gasteiger partial charge in [0, 0.05) is 31.0 Å². The fourth-order valence-corrected chi connectivity index (χ4v) is 1.95. The lowest BCUT2D eigenvalue weighted by molar-refractivity contribution is -0.140. The van der Waals surface area contributed by atoms with Gasteiger partial charge < -0.3 is 14.7 Å². The summed E-state index contributed by atoms with van der Waals surface area (Å²) in [5.41, 5.74) is 0.643. The molecule has 0 aliphatic carbocycles. The van der Waals surface area contributed by atoms with Gasteiger partial charge in [0.25, 0.3) is 0 Å². The second-order valence-electron chi connectivity index (χ2n) is 4.00. The minimum absolute atomic E-state index is 0. The van der Waals surface area contributed by atoms with Crippen LogP contribution < -0.4 is 9.64 Å². The summed E-state index contributed by atoms with van der Waals surface area (Å²) in [6, 6.07) is 3.03. The molecule has 0 saturated carbocycles. The number of hydrogen-bond acceptors (Lipinski definition) is 4. The molecule has 1 fully saturated rings. The zero-order chi connectivity index (χ0) is 13.1. The number of carboxylic acids is 1. The van der Waals surface area contributed by atoms with Crippen LogP contribution in [-0.2, 0) is 4.79 Å². The van der Waals surface area contributed by atoms with Gasteiger partial charge in [0.2, 0.25) is 5.88 Å². The van der Waals surface area contributed by atoms with Crippen LogP contribution in [0.5, 0.6) is 5.88 Å². The summed E-state index contributed by atoms with van der Waals surface area (Å²) in [5.74, 6) is -1.42. The molecule has 2 rings (SSSR count). The number of alkyl halides is 2. The summed E-state index contributed by atoms with van der Waals surface area (Å²) < 4.78 is 28.3. The Bertz CT molecular complexity index is 448. The van der Waals surface area contributed by atoms with Crippen LogP contribution in [0.1, 0.15) is 6.42 Å². The van der Waals surface area contributed by atoms with Gasteiger partial charge in [-0.1, -0.05) is 0 Å². The van der Waals surface area contributed by atoms with Crippen LogP contribution in [0.4, 0.5) is 14.5 Å². The van der Waals surface area contributed by atoms with Gasteiger partial charge in [-0.25, -0.2) is 4.98 Å². The first-order valence-corrected chi connectivity index (χ1v) is 5.45. The van der Waals surface area contributed by atoms with E-state index >= 15 is 0 Å². The molecule has 0 radical (unpaired) electrons. The van der Waals surface area contributed by atoms with Crippen molar-refractivity contribution in [2.75, 3.05) is 18.0 Å². The first-order chi connectivity index (χ1) is 8.56. The van der Waals surface area contributed by atoms with Gasteiger partial charge in [0.05, 0.1) is 5.92 Å². The van der Waals surface area contributed by atoms with Crippen molar-refractivity contribution in [3.05, 3.63) is 18.3 Å². The van der Waals surface area contributed by atoms with Gasteiger partial charge in [-0.05, 0) is 12.5 Å². The molecule has 1 saturated heterocycles. The zero-order valence-electron chi connectivity index (χ0n) is 9.83. The fraction of sp³-hybridized carbons (Fsp3) is 0.455. The van der Waals surface area contributed by atoms with Gasteiger partial charge in [-0.3, -0.25) is 4.79 Å². The highest BCUT2D eigenvalue weighted by Crippen LogP contribution is 2.26. The molecule has 1 aliphatic rings. The number of aromatic nitrogens is 1. The fourth-order valence-electron chi connectivity index (χ4n) is 1.95. The van der Waals surface area contributed by atoms with E-state index in [4.69, 9.17) is 5.11 Å². The minimum atomic E-state index is -2.92. The lowest BCUT2D eigenvalue weighted by atomic mass is 10.1. The van der Waals surface area contributed by atoms with Gasteiger partial charge in [-0.15, -0.1) is 12.4 Å². The highest BCUT2D eigenvalue weighted by atomic mass is 35.5. The normalized spacial score (nSPS) is 18.3. The van der Waals surface area contributed by atoms with Gasteiger partial charge in [0.15, 0.2) is 0 Å². The van der Waals surface area contributed by atoms with Crippen molar-refractivity contribution >= 4 is 24.1 Å². The number of halogens is 3. The molecule has 5 nitrogen and oxygen atoms in total. The topological polar surface area (TPSA) is 62.7 Å². The van der Waals surface area contributed by atoms with Crippen molar-refractivity contribution < 1.29 is 23.4 Å². The largest absolute Gasteiger partial charge is 0.481 e. The Hall–Kier alpha value is -1.63. The smallest absolute Gasteiger partial charge is 0.388 e. The van der Waals surface area contributed by atoms with E-state index in [1.807, 2.05) is 4.90 Å². The van der Waals surface area contributed by atoms with E-state index in [9.17, 15) is 13.6 Å². The molecular formula is C11H13ClF2N2O3. The van der Waals surface area contributed by atoms with Crippen LogP contribution in [0.3, 0.4) is 0 Å². The van der Waals surface area contributed by atoms with Crippen LogP contribution in [0.25, 0.3) is 0 Å². The Morgan fingerprint density at radius 1 is 1.58 bits per heavy atom. The predicted molar refractivity (Wildman–Crippen MR) is 66.1 cm³/mol. The number of pyridine rings is 1. The number of anilines is 1. The van der Waals surface area contributed by atoms with E-state index in [1.165, 1.54) is 12.3 Å². The van der Waals surface area contributed by atoms with E-state index in [0.717, 1.165) is 0 Å². The standard InChI is InChI=1S/C11H12F2N2O3.ClH/c12-11(13)18-9-5-8(1-3-14-9)15-4-2-7(6-15)10(16)17;/h1,3,5,7,11H,2,4,6H2,(H,16,17);1H/t7-;/m1./s1. The van der Waals surface area contributed by atoms with Crippen LogP contribution in [-0.4, -0.2) is 35.8 Å². The summed E-state index contributed by atoms with van der Waals surface area (Å²) in [6.45, 7) is -1.97.